The first-order valence-corrected chi connectivity index (χ1v) is 4.60. The number of esters is 1. The highest BCUT2D eigenvalue weighted by Gasteiger charge is 2.08. The number of carbonyl (C=O) groups excluding carboxylic acids is 1. The van der Waals surface area contributed by atoms with Crippen molar-refractivity contribution in [1.29, 1.82) is 0 Å². The first-order chi connectivity index (χ1) is 6.65. The third-order valence-corrected chi connectivity index (χ3v) is 1.88. The van der Waals surface area contributed by atoms with Gasteiger partial charge in [-0.05, 0) is 31.5 Å². The molecule has 1 aromatic rings. The van der Waals surface area contributed by atoms with Gasteiger partial charge in [-0.1, -0.05) is 12.1 Å². The molecule has 0 fully saturated rings. The van der Waals surface area contributed by atoms with E-state index in [0.29, 0.717) is 12.2 Å². The summed E-state index contributed by atoms with van der Waals surface area (Å²) >= 11 is 0. The van der Waals surface area contributed by atoms with E-state index in [2.05, 4.69) is 0 Å². The van der Waals surface area contributed by atoms with E-state index in [1.807, 2.05) is 0 Å². The Balaban J connectivity index is 2.88. The van der Waals surface area contributed by atoms with Crippen LogP contribution in [0.15, 0.2) is 24.3 Å². The molecule has 0 radical (unpaired) electrons. The number of hydrogen-bond donors (Lipinski definition) is 1. The second kappa shape index (κ2) is 4.77. The Morgan fingerprint density at radius 2 is 2.29 bits per heavy atom. The number of aliphatic hydroxyl groups is 1. The second-order valence-corrected chi connectivity index (χ2v) is 3.02. The van der Waals surface area contributed by atoms with Crippen molar-refractivity contribution in [2.45, 2.75) is 20.0 Å². The normalized spacial score (nSPS) is 12.2. The fourth-order valence-electron chi connectivity index (χ4n) is 1.14. The average molecular weight is 194 g/mol. The molecule has 3 nitrogen and oxygen atoms in total. The van der Waals surface area contributed by atoms with E-state index in [-0.39, 0.29) is 5.97 Å². The van der Waals surface area contributed by atoms with Crippen molar-refractivity contribution in [2.75, 3.05) is 6.61 Å². The van der Waals surface area contributed by atoms with Crippen LogP contribution in [-0.2, 0) is 4.74 Å². The minimum Gasteiger partial charge on any atom is -0.462 e. The van der Waals surface area contributed by atoms with Gasteiger partial charge in [-0.2, -0.15) is 0 Å². The fraction of sp³-hybridized carbons (Fsp3) is 0.364. The first-order valence-electron chi connectivity index (χ1n) is 4.60. The van der Waals surface area contributed by atoms with Crippen molar-refractivity contribution >= 4 is 5.97 Å². The van der Waals surface area contributed by atoms with E-state index in [1.165, 1.54) is 0 Å². The molecule has 0 aliphatic heterocycles. The summed E-state index contributed by atoms with van der Waals surface area (Å²) in [4.78, 5) is 11.3. The molecule has 1 rings (SSSR count). The Morgan fingerprint density at radius 3 is 2.86 bits per heavy atom. The minimum atomic E-state index is -0.565. The smallest absolute Gasteiger partial charge is 0.338 e. The van der Waals surface area contributed by atoms with Crippen LogP contribution < -0.4 is 0 Å². The van der Waals surface area contributed by atoms with Gasteiger partial charge in [-0.15, -0.1) is 0 Å². The number of carbonyl (C=O) groups is 1. The van der Waals surface area contributed by atoms with E-state index >= 15 is 0 Å². The van der Waals surface area contributed by atoms with Gasteiger partial charge >= 0.3 is 5.97 Å². The van der Waals surface area contributed by atoms with Crippen LogP contribution in [0.25, 0.3) is 0 Å². The second-order valence-electron chi connectivity index (χ2n) is 3.02. The van der Waals surface area contributed by atoms with E-state index < -0.39 is 6.10 Å². The highest BCUT2D eigenvalue weighted by atomic mass is 16.5. The molecule has 76 valence electrons. The highest BCUT2D eigenvalue weighted by molar-refractivity contribution is 5.89. The van der Waals surface area contributed by atoms with E-state index in [4.69, 9.17) is 4.74 Å². The van der Waals surface area contributed by atoms with Crippen LogP contribution in [0.2, 0.25) is 0 Å². The third-order valence-electron chi connectivity index (χ3n) is 1.88. The third kappa shape index (κ3) is 2.57. The molecule has 0 saturated heterocycles. The maximum Gasteiger partial charge on any atom is 0.338 e. The summed E-state index contributed by atoms with van der Waals surface area (Å²) in [7, 11) is 0. The number of aliphatic hydroxyl groups excluding tert-OH is 1. The lowest BCUT2D eigenvalue weighted by Gasteiger charge is -2.06. The van der Waals surface area contributed by atoms with Crippen molar-refractivity contribution in [2.24, 2.45) is 0 Å². The van der Waals surface area contributed by atoms with Gasteiger partial charge in [0, 0.05) is 0 Å². The number of benzene rings is 1. The summed E-state index contributed by atoms with van der Waals surface area (Å²) in [6, 6.07) is 6.81. The summed E-state index contributed by atoms with van der Waals surface area (Å²) in [5, 5.41) is 9.31. The maximum absolute atomic E-state index is 11.3. The van der Waals surface area contributed by atoms with Gasteiger partial charge in [0.2, 0.25) is 0 Å². The Kier molecular flexibility index (Phi) is 3.65. The molecular formula is C11H14O3. The average Bonchev–Trinajstić information content (AvgIpc) is 2.18. The summed E-state index contributed by atoms with van der Waals surface area (Å²) in [5.74, 6) is -0.352. The zero-order valence-electron chi connectivity index (χ0n) is 8.36. The first kappa shape index (κ1) is 10.7. The summed E-state index contributed by atoms with van der Waals surface area (Å²) in [6.07, 6.45) is -0.565. The molecule has 0 aromatic heterocycles. The molecule has 0 aliphatic carbocycles. The van der Waals surface area contributed by atoms with Crippen molar-refractivity contribution in [3.8, 4) is 0 Å². The van der Waals surface area contributed by atoms with Crippen LogP contribution in [0.1, 0.15) is 35.9 Å². The molecule has 14 heavy (non-hydrogen) atoms. The highest BCUT2D eigenvalue weighted by Crippen LogP contribution is 2.14. The molecular weight excluding hydrogens is 180 g/mol. The molecule has 1 atom stereocenters. The minimum absolute atomic E-state index is 0.352. The number of hydrogen-bond acceptors (Lipinski definition) is 3. The molecule has 0 spiro atoms. The fourth-order valence-corrected chi connectivity index (χ4v) is 1.14. The molecule has 0 heterocycles. The SMILES string of the molecule is CCOC(=O)c1cccc(C(C)O)c1. The van der Waals surface area contributed by atoms with Gasteiger partial charge in [-0.3, -0.25) is 0 Å². The van der Waals surface area contributed by atoms with Crippen LogP contribution >= 0.6 is 0 Å². The van der Waals surface area contributed by atoms with Gasteiger partial charge < -0.3 is 9.84 Å². The summed E-state index contributed by atoms with van der Waals surface area (Å²) in [5.41, 5.74) is 1.20. The Hall–Kier alpha value is -1.35. The van der Waals surface area contributed by atoms with Crippen LogP contribution in [0.4, 0.5) is 0 Å². The molecule has 0 saturated carbocycles. The summed E-state index contributed by atoms with van der Waals surface area (Å²) < 4.78 is 4.84. The topological polar surface area (TPSA) is 46.5 Å². The molecule has 1 aromatic carbocycles. The molecule has 3 heteroatoms. The van der Waals surface area contributed by atoms with E-state index in [1.54, 1.807) is 38.1 Å². The monoisotopic (exact) mass is 194 g/mol. The van der Waals surface area contributed by atoms with Crippen molar-refractivity contribution in [3.63, 3.8) is 0 Å². The van der Waals surface area contributed by atoms with Crippen LogP contribution in [0.5, 0.6) is 0 Å². The van der Waals surface area contributed by atoms with Crippen LogP contribution in [-0.4, -0.2) is 17.7 Å². The van der Waals surface area contributed by atoms with Crippen molar-refractivity contribution in [1.82, 2.24) is 0 Å². The van der Waals surface area contributed by atoms with Gasteiger partial charge in [0.1, 0.15) is 0 Å². The van der Waals surface area contributed by atoms with E-state index in [0.717, 1.165) is 5.56 Å². The summed E-state index contributed by atoms with van der Waals surface area (Å²) in [6.45, 7) is 3.78. The van der Waals surface area contributed by atoms with Crippen LogP contribution in [0.3, 0.4) is 0 Å². The maximum atomic E-state index is 11.3. The molecule has 1 N–H and O–H groups in total. The lowest BCUT2D eigenvalue weighted by atomic mass is 10.1. The van der Waals surface area contributed by atoms with Gasteiger partial charge in [0.05, 0.1) is 18.3 Å². The zero-order valence-corrected chi connectivity index (χ0v) is 8.36. The molecule has 0 aliphatic rings. The Labute approximate surface area is 83.3 Å². The number of ether oxygens (including phenoxy) is 1. The molecule has 0 bridgehead atoms. The molecule has 0 amide bonds. The standard InChI is InChI=1S/C11H14O3/c1-3-14-11(13)10-6-4-5-9(7-10)8(2)12/h4-8,12H,3H2,1-2H3. The molecule has 1 unspecified atom stereocenters. The Bertz CT molecular complexity index is 318. The lowest BCUT2D eigenvalue weighted by Crippen LogP contribution is -2.05. The Morgan fingerprint density at radius 1 is 1.57 bits per heavy atom. The largest absolute Gasteiger partial charge is 0.462 e. The quantitative estimate of drug-likeness (QED) is 0.748. The zero-order chi connectivity index (χ0) is 10.6. The van der Waals surface area contributed by atoms with E-state index in [9.17, 15) is 9.90 Å². The van der Waals surface area contributed by atoms with Gasteiger partial charge in [0.15, 0.2) is 0 Å². The predicted molar refractivity (Wildman–Crippen MR) is 53.0 cm³/mol. The van der Waals surface area contributed by atoms with Crippen LogP contribution in [0, 0.1) is 0 Å². The van der Waals surface area contributed by atoms with Crippen molar-refractivity contribution in [3.05, 3.63) is 35.4 Å². The van der Waals surface area contributed by atoms with Crippen molar-refractivity contribution < 1.29 is 14.6 Å². The predicted octanol–water partition coefficient (Wildman–Crippen LogP) is 1.92. The van der Waals surface area contributed by atoms with Gasteiger partial charge in [-0.25, -0.2) is 4.79 Å². The van der Waals surface area contributed by atoms with Gasteiger partial charge in [0.25, 0.3) is 0 Å². The lowest BCUT2D eigenvalue weighted by molar-refractivity contribution is 0.0526. The number of rotatable bonds is 3.